The molecular weight excluding hydrogens is 352 g/mol. The number of hydrogen-bond acceptors (Lipinski definition) is 4. The third-order valence-corrected chi connectivity index (χ3v) is 4.77. The van der Waals surface area contributed by atoms with Crippen molar-refractivity contribution in [3.05, 3.63) is 89.1 Å². The molecule has 0 saturated heterocycles. The standard InChI is InChI=1S/C24H16O4/c1-26-19-9-7-16(8-10-19)21-12-17-11-20(15-5-3-2-4-6-15)27-22-13-18(25)14-23(28-21)24(17)22/h2-14H,1H3. The fourth-order valence-corrected chi connectivity index (χ4v) is 3.42. The minimum absolute atomic E-state index is 0.154. The monoisotopic (exact) mass is 368 g/mol. The van der Waals surface area contributed by atoms with E-state index in [9.17, 15) is 4.79 Å². The lowest BCUT2D eigenvalue weighted by Gasteiger charge is -2.10. The van der Waals surface area contributed by atoms with E-state index in [-0.39, 0.29) is 5.43 Å². The number of ether oxygens (including phenoxy) is 1. The lowest BCUT2D eigenvalue weighted by atomic mass is 10.0. The third-order valence-electron chi connectivity index (χ3n) is 4.77. The number of rotatable bonds is 3. The van der Waals surface area contributed by atoms with Crippen molar-refractivity contribution in [2.45, 2.75) is 0 Å². The first-order chi connectivity index (χ1) is 13.7. The summed E-state index contributed by atoms with van der Waals surface area (Å²) in [5.41, 5.74) is 2.72. The summed E-state index contributed by atoms with van der Waals surface area (Å²) >= 11 is 0. The molecule has 0 atom stereocenters. The largest absolute Gasteiger partial charge is 0.497 e. The van der Waals surface area contributed by atoms with E-state index in [0.717, 1.165) is 27.6 Å². The Kier molecular flexibility index (Phi) is 3.76. The number of methoxy groups -OCH3 is 1. The second-order valence-electron chi connectivity index (χ2n) is 6.57. The second kappa shape index (κ2) is 6.43. The Balaban J connectivity index is 1.79. The van der Waals surface area contributed by atoms with E-state index in [2.05, 4.69) is 0 Å². The highest BCUT2D eigenvalue weighted by atomic mass is 16.5. The van der Waals surface area contributed by atoms with Gasteiger partial charge in [-0.05, 0) is 41.8 Å². The van der Waals surface area contributed by atoms with Gasteiger partial charge in [0.1, 0.15) is 28.4 Å². The summed E-state index contributed by atoms with van der Waals surface area (Å²) in [5.74, 6) is 2.15. The zero-order chi connectivity index (χ0) is 19.1. The molecule has 0 aliphatic heterocycles. The summed E-state index contributed by atoms with van der Waals surface area (Å²) in [5, 5.41) is 1.75. The fraction of sp³-hybridized carbons (Fsp3) is 0.0417. The number of benzene rings is 3. The van der Waals surface area contributed by atoms with E-state index < -0.39 is 0 Å². The Morgan fingerprint density at radius 2 is 1.29 bits per heavy atom. The zero-order valence-electron chi connectivity index (χ0n) is 15.1. The predicted octanol–water partition coefficient (Wildman–Crippen LogP) is 5.88. The molecule has 2 aromatic heterocycles. The van der Waals surface area contributed by atoms with Crippen molar-refractivity contribution in [1.82, 2.24) is 0 Å². The second-order valence-corrected chi connectivity index (χ2v) is 6.57. The van der Waals surface area contributed by atoms with Crippen LogP contribution in [0.25, 0.3) is 44.6 Å². The Hall–Kier alpha value is -3.79. The first kappa shape index (κ1) is 16.4. The number of hydrogen-bond donors (Lipinski definition) is 0. The predicted molar refractivity (Wildman–Crippen MR) is 110 cm³/mol. The molecule has 28 heavy (non-hydrogen) atoms. The van der Waals surface area contributed by atoms with Gasteiger partial charge in [-0.3, -0.25) is 4.79 Å². The quantitative estimate of drug-likeness (QED) is 0.399. The van der Waals surface area contributed by atoms with Crippen LogP contribution in [0.4, 0.5) is 0 Å². The van der Waals surface area contributed by atoms with E-state index >= 15 is 0 Å². The molecule has 5 aromatic rings. The molecule has 4 heteroatoms. The molecule has 5 rings (SSSR count). The summed E-state index contributed by atoms with van der Waals surface area (Å²) in [6, 6.07) is 24.4. The Morgan fingerprint density at radius 1 is 0.714 bits per heavy atom. The maximum atomic E-state index is 12.2. The van der Waals surface area contributed by atoms with Gasteiger partial charge in [-0.2, -0.15) is 0 Å². The topological polar surface area (TPSA) is 52.6 Å². The molecule has 0 N–H and O–H groups in total. The smallest absolute Gasteiger partial charge is 0.186 e. The average Bonchev–Trinajstić information content (AvgIpc) is 2.73. The van der Waals surface area contributed by atoms with Crippen LogP contribution in [-0.4, -0.2) is 7.11 Å². The molecule has 136 valence electrons. The van der Waals surface area contributed by atoms with Crippen LogP contribution in [0.15, 0.2) is 92.5 Å². The van der Waals surface area contributed by atoms with Gasteiger partial charge in [0.2, 0.25) is 0 Å². The van der Waals surface area contributed by atoms with Gasteiger partial charge in [0, 0.05) is 23.3 Å². The first-order valence-corrected chi connectivity index (χ1v) is 8.92. The highest BCUT2D eigenvalue weighted by Gasteiger charge is 2.14. The van der Waals surface area contributed by atoms with Gasteiger partial charge >= 0.3 is 0 Å². The Labute approximate surface area is 160 Å². The normalized spacial score (nSPS) is 11.2. The van der Waals surface area contributed by atoms with E-state index in [0.29, 0.717) is 22.7 Å². The van der Waals surface area contributed by atoms with E-state index in [1.54, 1.807) is 7.11 Å². The molecule has 0 saturated carbocycles. The molecule has 0 aliphatic carbocycles. The van der Waals surface area contributed by atoms with Crippen molar-refractivity contribution < 1.29 is 13.6 Å². The summed E-state index contributed by atoms with van der Waals surface area (Å²) in [4.78, 5) is 12.2. The molecular formula is C24H16O4. The van der Waals surface area contributed by atoms with Crippen molar-refractivity contribution in [2.75, 3.05) is 7.11 Å². The Bertz CT molecular complexity index is 1340. The molecule has 0 fully saturated rings. The van der Waals surface area contributed by atoms with Crippen molar-refractivity contribution in [1.29, 1.82) is 0 Å². The summed E-state index contributed by atoms with van der Waals surface area (Å²) in [7, 11) is 1.63. The first-order valence-electron chi connectivity index (χ1n) is 8.92. The maximum Gasteiger partial charge on any atom is 0.186 e. The molecule has 0 spiro atoms. The van der Waals surface area contributed by atoms with Crippen LogP contribution < -0.4 is 10.2 Å². The van der Waals surface area contributed by atoms with Crippen LogP contribution in [0.3, 0.4) is 0 Å². The summed E-state index contributed by atoms with van der Waals surface area (Å²) < 4.78 is 17.3. The van der Waals surface area contributed by atoms with E-state index in [4.69, 9.17) is 13.6 Å². The van der Waals surface area contributed by atoms with Crippen molar-refractivity contribution in [3.63, 3.8) is 0 Å². The molecule has 0 unspecified atom stereocenters. The molecule has 0 amide bonds. The molecule has 3 aromatic carbocycles. The third kappa shape index (κ3) is 2.76. The summed E-state index contributed by atoms with van der Waals surface area (Å²) in [6.07, 6.45) is 0. The van der Waals surface area contributed by atoms with Crippen LogP contribution in [-0.2, 0) is 0 Å². The highest BCUT2D eigenvalue weighted by molar-refractivity contribution is 6.07. The van der Waals surface area contributed by atoms with Gasteiger partial charge < -0.3 is 13.6 Å². The molecule has 4 nitrogen and oxygen atoms in total. The average molecular weight is 368 g/mol. The molecule has 0 bridgehead atoms. The van der Waals surface area contributed by atoms with Crippen LogP contribution in [0.2, 0.25) is 0 Å². The molecule has 0 aliphatic rings. The van der Waals surface area contributed by atoms with Crippen molar-refractivity contribution >= 4 is 21.9 Å². The fourth-order valence-electron chi connectivity index (χ4n) is 3.42. The Morgan fingerprint density at radius 3 is 1.86 bits per heavy atom. The van der Waals surface area contributed by atoms with E-state index in [1.807, 2.05) is 66.7 Å². The molecule has 2 heterocycles. The minimum atomic E-state index is -0.154. The van der Waals surface area contributed by atoms with Gasteiger partial charge in [-0.15, -0.1) is 0 Å². The minimum Gasteiger partial charge on any atom is -0.497 e. The van der Waals surface area contributed by atoms with Crippen molar-refractivity contribution in [3.8, 4) is 28.4 Å². The van der Waals surface area contributed by atoms with Gasteiger partial charge in [0.05, 0.1) is 12.5 Å². The van der Waals surface area contributed by atoms with Crippen LogP contribution in [0.1, 0.15) is 0 Å². The maximum absolute atomic E-state index is 12.2. The molecule has 0 radical (unpaired) electrons. The van der Waals surface area contributed by atoms with Gasteiger partial charge in [0.15, 0.2) is 5.43 Å². The van der Waals surface area contributed by atoms with Gasteiger partial charge in [-0.1, -0.05) is 30.3 Å². The lowest BCUT2D eigenvalue weighted by molar-refractivity contribution is 0.415. The van der Waals surface area contributed by atoms with Crippen LogP contribution in [0, 0.1) is 0 Å². The van der Waals surface area contributed by atoms with Gasteiger partial charge in [-0.25, -0.2) is 0 Å². The van der Waals surface area contributed by atoms with Gasteiger partial charge in [0.25, 0.3) is 0 Å². The highest BCUT2D eigenvalue weighted by Crippen LogP contribution is 2.35. The van der Waals surface area contributed by atoms with Crippen LogP contribution >= 0.6 is 0 Å². The van der Waals surface area contributed by atoms with E-state index in [1.165, 1.54) is 12.1 Å². The zero-order valence-corrected chi connectivity index (χ0v) is 15.1. The lowest BCUT2D eigenvalue weighted by Crippen LogP contribution is -1.97. The SMILES string of the molecule is COc1ccc(-c2cc3cc(-c4ccccc4)oc4cc(=O)cc(o2)c34)cc1. The van der Waals surface area contributed by atoms with Crippen molar-refractivity contribution in [2.24, 2.45) is 0 Å². The summed E-state index contributed by atoms with van der Waals surface area (Å²) in [6.45, 7) is 0. The van der Waals surface area contributed by atoms with Crippen LogP contribution in [0.5, 0.6) is 5.75 Å².